The van der Waals surface area contributed by atoms with Crippen molar-refractivity contribution in [2.75, 3.05) is 44.9 Å². The number of pyridine rings is 1. The van der Waals surface area contributed by atoms with Gasteiger partial charge in [-0.15, -0.1) is 5.10 Å². The molecule has 7 heteroatoms. The zero-order valence-corrected chi connectivity index (χ0v) is 12.6. The normalized spacial score (nSPS) is 14.9. The number of morpholine rings is 1. The van der Waals surface area contributed by atoms with Crippen LogP contribution in [0.5, 0.6) is 11.6 Å². The van der Waals surface area contributed by atoms with Gasteiger partial charge in [-0.3, -0.25) is 10.1 Å². The van der Waals surface area contributed by atoms with Crippen molar-refractivity contribution < 1.29 is 14.2 Å². The molecule has 1 aliphatic heterocycles. The number of ether oxygens (including phenoxy) is 3. The second kappa shape index (κ2) is 7.13. The summed E-state index contributed by atoms with van der Waals surface area (Å²) in [5.41, 5.74) is 0.991. The highest BCUT2D eigenvalue weighted by atomic mass is 16.5. The molecule has 2 aromatic heterocycles. The average Bonchev–Trinajstić information content (AvgIpc) is 2.99. The summed E-state index contributed by atoms with van der Waals surface area (Å²) in [6, 6.07) is 5.84. The molecular formula is C15H20N4O3. The van der Waals surface area contributed by atoms with Gasteiger partial charge in [-0.05, 0) is 12.1 Å². The van der Waals surface area contributed by atoms with Gasteiger partial charge in [0.05, 0.1) is 26.9 Å². The van der Waals surface area contributed by atoms with Gasteiger partial charge >= 0.3 is 0 Å². The second-order valence-corrected chi connectivity index (χ2v) is 4.93. The molecule has 118 valence electrons. The highest BCUT2D eigenvalue weighted by Gasteiger charge is 2.22. The quantitative estimate of drug-likeness (QED) is 0.866. The Balaban J connectivity index is 1.62. The Morgan fingerprint density at radius 2 is 2.18 bits per heavy atom. The predicted octanol–water partition coefficient (Wildman–Crippen LogP) is 1.27. The minimum Gasteiger partial charge on any atom is -0.489 e. The second-order valence-electron chi connectivity index (χ2n) is 4.93. The van der Waals surface area contributed by atoms with E-state index in [1.807, 2.05) is 18.2 Å². The molecule has 0 unspecified atom stereocenters. The van der Waals surface area contributed by atoms with Gasteiger partial charge in [0.25, 0.3) is 5.88 Å². The van der Waals surface area contributed by atoms with Crippen LogP contribution in [0, 0.1) is 0 Å². The molecule has 1 N–H and O–H groups in total. The SMILES string of the molecule is COc1c(OCCc2ccccn2)n[nH]c1N1CCOCC1. The van der Waals surface area contributed by atoms with Crippen LogP contribution >= 0.6 is 0 Å². The number of aromatic nitrogens is 3. The topological polar surface area (TPSA) is 72.5 Å². The van der Waals surface area contributed by atoms with Gasteiger partial charge in [0.2, 0.25) is 5.75 Å². The molecule has 3 heterocycles. The van der Waals surface area contributed by atoms with Crippen molar-refractivity contribution in [1.29, 1.82) is 0 Å². The van der Waals surface area contributed by atoms with Crippen LogP contribution in [0.2, 0.25) is 0 Å². The van der Waals surface area contributed by atoms with Crippen LogP contribution in [0.25, 0.3) is 0 Å². The molecule has 1 fully saturated rings. The lowest BCUT2D eigenvalue weighted by Crippen LogP contribution is -2.36. The van der Waals surface area contributed by atoms with Crippen LogP contribution in [-0.2, 0) is 11.2 Å². The Morgan fingerprint density at radius 3 is 2.91 bits per heavy atom. The van der Waals surface area contributed by atoms with E-state index in [4.69, 9.17) is 14.2 Å². The first kappa shape index (κ1) is 14.6. The summed E-state index contributed by atoms with van der Waals surface area (Å²) in [5, 5.41) is 7.22. The summed E-state index contributed by atoms with van der Waals surface area (Å²) >= 11 is 0. The first-order valence-electron chi connectivity index (χ1n) is 7.36. The molecule has 3 rings (SSSR count). The summed E-state index contributed by atoms with van der Waals surface area (Å²) in [7, 11) is 1.63. The third kappa shape index (κ3) is 3.30. The fourth-order valence-corrected chi connectivity index (χ4v) is 2.39. The minimum atomic E-state index is 0.486. The number of hydrogen-bond acceptors (Lipinski definition) is 6. The number of anilines is 1. The molecule has 0 bridgehead atoms. The summed E-state index contributed by atoms with van der Waals surface area (Å²) in [6.07, 6.45) is 2.50. The monoisotopic (exact) mass is 304 g/mol. The number of nitrogens with one attached hydrogen (secondary N) is 1. The maximum absolute atomic E-state index is 5.74. The molecule has 0 aromatic carbocycles. The lowest BCUT2D eigenvalue weighted by Gasteiger charge is -2.27. The highest BCUT2D eigenvalue weighted by molar-refractivity contribution is 5.58. The highest BCUT2D eigenvalue weighted by Crippen LogP contribution is 2.35. The Hall–Kier alpha value is -2.28. The summed E-state index contributed by atoms with van der Waals surface area (Å²) in [5.74, 6) is 1.97. The number of methoxy groups -OCH3 is 1. The predicted molar refractivity (Wildman–Crippen MR) is 81.6 cm³/mol. The van der Waals surface area contributed by atoms with E-state index in [9.17, 15) is 0 Å². The maximum atomic E-state index is 5.74. The largest absolute Gasteiger partial charge is 0.489 e. The van der Waals surface area contributed by atoms with E-state index in [1.165, 1.54) is 0 Å². The first-order valence-corrected chi connectivity index (χ1v) is 7.36. The first-order chi connectivity index (χ1) is 10.9. The van der Waals surface area contributed by atoms with Crippen molar-refractivity contribution in [3.8, 4) is 11.6 Å². The van der Waals surface area contributed by atoms with Crippen molar-refractivity contribution in [2.45, 2.75) is 6.42 Å². The molecule has 0 atom stereocenters. The van der Waals surface area contributed by atoms with Crippen LogP contribution in [0.15, 0.2) is 24.4 Å². The molecule has 0 aliphatic carbocycles. The molecule has 1 aliphatic rings. The number of nitrogens with zero attached hydrogens (tertiary/aromatic N) is 3. The van der Waals surface area contributed by atoms with Crippen molar-refractivity contribution >= 4 is 5.82 Å². The van der Waals surface area contributed by atoms with Gasteiger partial charge < -0.3 is 19.1 Å². The van der Waals surface area contributed by atoms with Crippen molar-refractivity contribution in [3.05, 3.63) is 30.1 Å². The van der Waals surface area contributed by atoms with Gasteiger partial charge in [-0.25, -0.2) is 0 Å². The van der Waals surface area contributed by atoms with E-state index in [-0.39, 0.29) is 0 Å². The Labute approximate surface area is 129 Å². The van der Waals surface area contributed by atoms with E-state index < -0.39 is 0 Å². The molecule has 1 saturated heterocycles. The van der Waals surface area contributed by atoms with Crippen LogP contribution in [0.1, 0.15) is 5.69 Å². The third-order valence-corrected chi connectivity index (χ3v) is 3.53. The number of H-pyrrole nitrogens is 1. The van der Waals surface area contributed by atoms with Crippen molar-refractivity contribution in [3.63, 3.8) is 0 Å². The lowest BCUT2D eigenvalue weighted by atomic mass is 10.3. The summed E-state index contributed by atoms with van der Waals surface area (Å²) in [6.45, 7) is 3.54. The lowest BCUT2D eigenvalue weighted by molar-refractivity contribution is 0.122. The molecule has 0 radical (unpaired) electrons. The standard InChI is InChI=1S/C15H20N4O3/c1-20-13-14(19-7-10-21-11-8-19)17-18-15(13)22-9-5-12-4-2-3-6-16-12/h2-4,6H,5,7-11H2,1H3,(H,17,18). The molecule has 2 aromatic rings. The van der Waals surface area contributed by atoms with E-state index in [0.29, 0.717) is 31.5 Å². The Morgan fingerprint density at radius 1 is 1.32 bits per heavy atom. The summed E-state index contributed by atoms with van der Waals surface area (Å²) in [4.78, 5) is 6.42. The van der Waals surface area contributed by atoms with Gasteiger partial charge in [0.15, 0.2) is 5.82 Å². The van der Waals surface area contributed by atoms with Gasteiger partial charge in [-0.2, -0.15) is 0 Å². The fraction of sp³-hybridized carbons (Fsp3) is 0.467. The minimum absolute atomic E-state index is 0.486. The van der Waals surface area contributed by atoms with Crippen molar-refractivity contribution in [2.24, 2.45) is 0 Å². The maximum Gasteiger partial charge on any atom is 0.278 e. The number of hydrogen-bond donors (Lipinski definition) is 1. The van der Waals surface area contributed by atoms with E-state index in [1.54, 1.807) is 13.3 Å². The van der Waals surface area contributed by atoms with E-state index in [0.717, 1.165) is 31.0 Å². The smallest absolute Gasteiger partial charge is 0.278 e. The Bertz CT molecular complexity index is 582. The van der Waals surface area contributed by atoms with E-state index >= 15 is 0 Å². The van der Waals surface area contributed by atoms with E-state index in [2.05, 4.69) is 20.1 Å². The fourth-order valence-electron chi connectivity index (χ4n) is 2.39. The molecule has 22 heavy (non-hydrogen) atoms. The molecular weight excluding hydrogens is 284 g/mol. The van der Waals surface area contributed by atoms with Crippen LogP contribution < -0.4 is 14.4 Å². The number of aromatic amines is 1. The van der Waals surface area contributed by atoms with Gasteiger partial charge in [0.1, 0.15) is 0 Å². The third-order valence-electron chi connectivity index (χ3n) is 3.53. The van der Waals surface area contributed by atoms with Crippen LogP contribution in [0.3, 0.4) is 0 Å². The van der Waals surface area contributed by atoms with Crippen LogP contribution in [0.4, 0.5) is 5.82 Å². The molecule has 0 saturated carbocycles. The number of rotatable bonds is 6. The molecule has 0 spiro atoms. The van der Waals surface area contributed by atoms with Gasteiger partial charge in [0, 0.05) is 31.4 Å². The zero-order valence-electron chi connectivity index (χ0n) is 12.6. The average molecular weight is 304 g/mol. The molecule has 0 amide bonds. The zero-order chi connectivity index (χ0) is 15.2. The van der Waals surface area contributed by atoms with Crippen molar-refractivity contribution in [1.82, 2.24) is 15.2 Å². The van der Waals surface area contributed by atoms with Crippen LogP contribution in [-0.4, -0.2) is 55.2 Å². The summed E-state index contributed by atoms with van der Waals surface area (Å²) < 4.78 is 16.6. The molecule has 7 nitrogen and oxygen atoms in total. The Kier molecular flexibility index (Phi) is 4.75. The van der Waals surface area contributed by atoms with Gasteiger partial charge in [-0.1, -0.05) is 6.07 Å².